The molecule has 1 aliphatic rings. The average molecular weight is 342 g/mol. The van der Waals surface area contributed by atoms with Crippen LogP contribution in [-0.2, 0) is 20.7 Å². The monoisotopic (exact) mass is 341 g/mol. The fraction of sp³-hybridized carbons (Fsp3) is 0.500. The lowest BCUT2D eigenvalue weighted by atomic mass is 10.1. The smallest absolute Gasteiger partial charge is 0.227 e. The lowest BCUT2D eigenvalue weighted by Crippen LogP contribution is -2.41. The standard InChI is InChI=1S/C16H23N3O3.ClH/c17-7-1-2-15(20)18-14-5-3-13(4-6-14)12-16(21)19-8-10-22-11-9-19;/h3-6H,1-2,7-12,17H2,(H,18,20);1H. The summed E-state index contributed by atoms with van der Waals surface area (Å²) in [5.41, 5.74) is 7.06. The van der Waals surface area contributed by atoms with Crippen LogP contribution < -0.4 is 11.1 Å². The van der Waals surface area contributed by atoms with Gasteiger partial charge in [-0.3, -0.25) is 9.59 Å². The highest BCUT2D eigenvalue weighted by Gasteiger charge is 2.16. The van der Waals surface area contributed by atoms with Crippen LogP contribution >= 0.6 is 12.4 Å². The summed E-state index contributed by atoms with van der Waals surface area (Å²) in [6.07, 6.45) is 1.48. The summed E-state index contributed by atoms with van der Waals surface area (Å²) >= 11 is 0. The second-order valence-electron chi connectivity index (χ2n) is 5.31. The molecule has 1 fully saturated rings. The topological polar surface area (TPSA) is 84.7 Å². The highest BCUT2D eigenvalue weighted by atomic mass is 35.5. The molecule has 1 aromatic carbocycles. The van der Waals surface area contributed by atoms with Crippen molar-refractivity contribution in [1.29, 1.82) is 0 Å². The minimum absolute atomic E-state index is 0. The van der Waals surface area contributed by atoms with Crippen LogP contribution in [-0.4, -0.2) is 49.6 Å². The van der Waals surface area contributed by atoms with E-state index in [0.29, 0.717) is 52.1 Å². The van der Waals surface area contributed by atoms with E-state index in [1.807, 2.05) is 29.2 Å². The van der Waals surface area contributed by atoms with Gasteiger partial charge in [0.05, 0.1) is 19.6 Å². The number of halogens is 1. The third-order valence-corrected chi connectivity index (χ3v) is 3.56. The van der Waals surface area contributed by atoms with Gasteiger partial charge in [-0.1, -0.05) is 12.1 Å². The predicted molar refractivity (Wildman–Crippen MR) is 91.7 cm³/mol. The molecule has 6 nitrogen and oxygen atoms in total. The molecule has 0 radical (unpaired) electrons. The van der Waals surface area contributed by atoms with Gasteiger partial charge in [-0.15, -0.1) is 12.4 Å². The van der Waals surface area contributed by atoms with Crippen LogP contribution in [0, 0.1) is 0 Å². The molecule has 0 aromatic heterocycles. The predicted octanol–water partition coefficient (Wildman–Crippen LogP) is 1.19. The fourth-order valence-corrected chi connectivity index (χ4v) is 2.29. The zero-order chi connectivity index (χ0) is 15.8. The number of nitrogens with zero attached hydrogens (tertiary/aromatic N) is 1. The number of hydrogen-bond donors (Lipinski definition) is 2. The number of carbonyl (C=O) groups is 2. The van der Waals surface area contributed by atoms with Crippen molar-refractivity contribution in [2.24, 2.45) is 5.73 Å². The maximum absolute atomic E-state index is 12.1. The van der Waals surface area contributed by atoms with Crippen molar-refractivity contribution in [3.05, 3.63) is 29.8 Å². The molecule has 0 aliphatic carbocycles. The molecule has 7 heteroatoms. The number of amides is 2. The van der Waals surface area contributed by atoms with Crippen molar-refractivity contribution in [2.75, 3.05) is 38.2 Å². The first-order valence-electron chi connectivity index (χ1n) is 7.63. The SMILES string of the molecule is Cl.NCCCC(=O)Nc1ccc(CC(=O)N2CCOCC2)cc1. The molecule has 3 N–H and O–H groups in total. The Balaban J connectivity index is 0.00000264. The Morgan fingerprint density at radius 3 is 2.43 bits per heavy atom. The molecular weight excluding hydrogens is 318 g/mol. The maximum atomic E-state index is 12.1. The number of anilines is 1. The molecule has 1 heterocycles. The zero-order valence-electron chi connectivity index (χ0n) is 13.1. The number of morpholine rings is 1. The van der Waals surface area contributed by atoms with Gasteiger partial charge in [-0.2, -0.15) is 0 Å². The van der Waals surface area contributed by atoms with Crippen LogP contribution in [0.1, 0.15) is 18.4 Å². The summed E-state index contributed by atoms with van der Waals surface area (Å²) in [5.74, 6) is 0.0747. The third kappa shape index (κ3) is 6.56. The van der Waals surface area contributed by atoms with Crippen molar-refractivity contribution >= 4 is 29.9 Å². The van der Waals surface area contributed by atoms with Crippen LogP contribution in [0.3, 0.4) is 0 Å². The Kier molecular flexibility index (Phi) is 8.61. The number of carbonyl (C=O) groups excluding carboxylic acids is 2. The quantitative estimate of drug-likeness (QED) is 0.814. The zero-order valence-corrected chi connectivity index (χ0v) is 13.9. The van der Waals surface area contributed by atoms with Gasteiger partial charge in [0.15, 0.2) is 0 Å². The summed E-state index contributed by atoms with van der Waals surface area (Å²) in [7, 11) is 0. The first-order valence-corrected chi connectivity index (χ1v) is 7.63. The minimum atomic E-state index is -0.0393. The molecule has 23 heavy (non-hydrogen) atoms. The second-order valence-corrected chi connectivity index (χ2v) is 5.31. The summed E-state index contributed by atoms with van der Waals surface area (Å²) in [6.45, 7) is 3.05. The first kappa shape index (κ1) is 19.4. The summed E-state index contributed by atoms with van der Waals surface area (Å²) in [4.78, 5) is 25.6. The first-order chi connectivity index (χ1) is 10.7. The molecule has 1 saturated heterocycles. The van der Waals surface area contributed by atoms with Crippen LogP contribution in [0.5, 0.6) is 0 Å². The number of nitrogens with two attached hydrogens (primary N) is 1. The lowest BCUT2D eigenvalue weighted by molar-refractivity contribution is -0.134. The molecular formula is C16H24ClN3O3. The van der Waals surface area contributed by atoms with Crippen LogP contribution in [0.15, 0.2) is 24.3 Å². The van der Waals surface area contributed by atoms with E-state index in [9.17, 15) is 9.59 Å². The van der Waals surface area contributed by atoms with Gasteiger partial charge >= 0.3 is 0 Å². The van der Waals surface area contributed by atoms with Crippen LogP contribution in [0.2, 0.25) is 0 Å². The van der Waals surface area contributed by atoms with Gasteiger partial charge in [0.25, 0.3) is 0 Å². The molecule has 0 spiro atoms. The summed E-state index contributed by atoms with van der Waals surface area (Å²) in [5, 5.41) is 2.81. The van der Waals surface area contributed by atoms with Crippen LogP contribution in [0.4, 0.5) is 5.69 Å². The van der Waals surface area contributed by atoms with Crippen molar-refractivity contribution in [2.45, 2.75) is 19.3 Å². The molecule has 0 saturated carbocycles. The molecule has 1 aliphatic heterocycles. The van der Waals surface area contributed by atoms with Crippen LogP contribution in [0.25, 0.3) is 0 Å². The van der Waals surface area contributed by atoms with E-state index in [2.05, 4.69) is 5.32 Å². The summed E-state index contributed by atoms with van der Waals surface area (Å²) < 4.78 is 5.24. The van der Waals surface area contributed by atoms with Gasteiger partial charge in [0.2, 0.25) is 11.8 Å². The Bertz CT molecular complexity index is 502. The average Bonchev–Trinajstić information content (AvgIpc) is 2.55. The third-order valence-electron chi connectivity index (χ3n) is 3.56. The Hall–Kier alpha value is -1.63. The van der Waals surface area contributed by atoms with E-state index in [0.717, 1.165) is 11.3 Å². The van der Waals surface area contributed by atoms with Crippen molar-refractivity contribution in [1.82, 2.24) is 4.90 Å². The largest absolute Gasteiger partial charge is 0.378 e. The molecule has 0 bridgehead atoms. The van der Waals surface area contributed by atoms with E-state index in [1.165, 1.54) is 0 Å². The molecule has 128 valence electrons. The normalized spacial score (nSPS) is 14.0. The van der Waals surface area contributed by atoms with Gasteiger partial charge < -0.3 is 20.7 Å². The molecule has 1 aromatic rings. The van der Waals surface area contributed by atoms with Crippen molar-refractivity contribution in [3.63, 3.8) is 0 Å². The minimum Gasteiger partial charge on any atom is -0.378 e. The van der Waals surface area contributed by atoms with Crippen molar-refractivity contribution < 1.29 is 14.3 Å². The van der Waals surface area contributed by atoms with E-state index in [1.54, 1.807) is 0 Å². The molecule has 2 amide bonds. The Labute approximate surface area is 142 Å². The van der Waals surface area contributed by atoms with E-state index in [4.69, 9.17) is 10.5 Å². The van der Waals surface area contributed by atoms with Crippen molar-refractivity contribution in [3.8, 4) is 0 Å². The second kappa shape index (κ2) is 10.2. The summed E-state index contributed by atoms with van der Waals surface area (Å²) in [6, 6.07) is 7.39. The lowest BCUT2D eigenvalue weighted by Gasteiger charge is -2.26. The highest BCUT2D eigenvalue weighted by molar-refractivity contribution is 5.90. The number of nitrogens with one attached hydrogen (secondary N) is 1. The molecule has 2 rings (SSSR count). The van der Waals surface area contributed by atoms with E-state index in [-0.39, 0.29) is 24.2 Å². The van der Waals surface area contributed by atoms with Gasteiger partial charge in [0, 0.05) is 25.2 Å². The molecule has 0 unspecified atom stereocenters. The number of hydrogen-bond acceptors (Lipinski definition) is 4. The Morgan fingerprint density at radius 1 is 1.17 bits per heavy atom. The highest BCUT2D eigenvalue weighted by Crippen LogP contribution is 2.12. The van der Waals surface area contributed by atoms with Gasteiger partial charge in [-0.25, -0.2) is 0 Å². The molecule has 0 atom stereocenters. The number of ether oxygens (including phenoxy) is 1. The number of benzene rings is 1. The fourth-order valence-electron chi connectivity index (χ4n) is 2.29. The Morgan fingerprint density at radius 2 is 1.83 bits per heavy atom. The van der Waals surface area contributed by atoms with Gasteiger partial charge in [-0.05, 0) is 30.7 Å². The van der Waals surface area contributed by atoms with E-state index < -0.39 is 0 Å². The maximum Gasteiger partial charge on any atom is 0.227 e. The number of rotatable bonds is 6. The van der Waals surface area contributed by atoms with Gasteiger partial charge in [0.1, 0.15) is 0 Å². The van der Waals surface area contributed by atoms with E-state index >= 15 is 0 Å².